The first kappa shape index (κ1) is 11.5. The van der Waals surface area contributed by atoms with Gasteiger partial charge < -0.3 is 10.2 Å². The van der Waals surface area contributed by atoms with Crippen LogP contribution in [0.3, 0.4) is 0 Å². The van der Waals surface area contributed by atoms with Crippen molar-refractivity contribution >= 4 is 16.6 Å². The Morgan fingerprint density at radius 1 is 1.28 bits per heavy atom. The highest BCUT2D eigenvalue weighted by Crippen LogP contribution is 2.23. The molecule has 18 heavy (non-hydrogen) atoms. The summed E-state index contributed by atoms with van der Waals surface area (Å²) < 4.78 is 0. The van der Waals surface area contributed by atoms with Gasteiger partial charge in [0.15, 0.2) is 0 Å². The summed E-state index contributed by atoms with van der Waals surface area (Å²) >= 11 is 0. The van der Waals surface area contributed by atoms with Crippen LogP contribution in [0.1, 0.15) is 13.8 Å². The number of hydrogen-bond acceptors (Lipinski definition) is 3. The molecule has 1 aliphatic heterocycles. The summed E-state index contributed by atoms with van der Waals surface area (Å²) in [5.41, 5.74) is 2.30. The zero-order chi connectivity index (χ0) is 12.5. The van der Waals surface area contributed by atoms with Crippen LogP contribution in [0.2, 0.25) is 0 Å². The van der Waals surface area contributed by atoms with Crippen molar-refractivity contribution in [1.82, 2.24) is 10.3 Å². The fourth-order valence-electron chi connectivity index (χ4n) is 2.60. The molecule has 1 saturated heterocycles. The predicted molar refractivity (Wildman–Crippen MR) is 76.0 cm³/mol. The van der Waals surface area contributed by atoms with E-state index in [1.165, 1.54) is 11.1 Å². The van der Waals surface area contributed by atoms with Crippen LogP contribution >= 0.6 is 0 Å². The molecule has 3 rings (SSSR count). The second-order valence-corrected chi connectivity index (χ2v) is 5.20. The van der Waals surface area contributed by atoms with E-state index in [-0.39, 0.29) is 0 Å². The molecule has 3 nitrogen and oxygen atoms in total. The van der Waals surface area contributed by atoms with Crippen LogP contribution in [0.15, 0.2) is 36.5 Å². The number of benzene rings is 1. The molecule has 0 spiro atoms. The molecule has 1 aromatic heterocycles. The Balaban J connectivity index is 1.97. The number of rotatable bonds is 1. The van der Waals surface area contributed by atoms with Gasteiger partial charge in [-0.3, -0.25) is 4.98 Å². The van der Waals surface area contributed by atoms with Gasteiger partial charge in [-0.05, 0) is 26.0 Å². The van der Waals surface area contributed by atoms with Gasteiger partial charge in [0.25, 0.3) is 0 Å². The van der Waals surface area contributed by atoms with E-state index < -0.39 is 0 Å². The average Bonchev–Trinajstić information content (AvgIpc) is 2.41. The van der Waals surface area contributed by atoms with E-state index in [2.05, 4.69) is 53.3 Å². The van der Waals surface area contributed by atoms with E-state index in [0.717, 1.165) is 18.6 Å². The summed E-state index contributed by atoms with van der Waals surface area (Å²) in [4.78, 5) is 7.00. The third-order valence-corrected chi connectivity index (χ3v) is 3.67. The van der Waals surface area contributed by atoms with E-state index in [9.17, 15) is 0 Å². The van der Waals surface area contributed by atoms with Crippen LogP contribution < -0.4 is 10.2 Å². The van der Waals surface area contributed by atoms with E-state index in [4.69, 9.17) is 0 Å². The number of para-hydroxylation sites is 1. The second kappa shape index (κ2) is 4.58. The summed E-state index contributed by atoms with van der Waals surface area (Å²) in [5, 5.41) is 4.72. The molecular formula is C15H19N3. The van der Waals surface area contributed by atoms with Crippen molar-refractivity contribution in [3.63, 3.8) is 0 Å². The number of aromatic nitrogens is 1. The quantitative estimate of drug-likeness (QED) is 0.831. The maximum absolute atomic E-state index is 4.55. The molecule has 94 valence electrons. The van der Waals surface area contributed by atoms with Gasteiger partial charge in [-0.2, -0.15) is 0 Å². The molecule has 0 amide bonds. The minimum atomic E-state index is 0.518. The Morgan fingerprint density at radius 3 is 3.00 bits per heavy atom. The molecule has 2 heterocycles. The summed E-state index contributed by atoms with van der Waals surface area (Å²) in [6.07, 6.45) is 2.00. The average molecular weight is 241 g/mol. The molecule has 0 bridgehead atoms. The smallest absolute Gasteiger partial charge is 0.0703 e. The Morgan fingerprint density at radius 2 is 2.11 bits per heavy atom. The second-order valence-electron chi connectivity index (χ2n) is 5.20. The Bertz CT molecular complexity index is 552. The highest BCUT2D eigenvalue weighted by molar-refractivity contribution is 5.81. The van der Waals surface area contributed by atoms with Gasteiger partial charge >= 0.3 is 0 Å². The number of fused-ring (bicyclic) bond motifs is 1. The maximum Gasteiger partial charge on any atom is 0.0703 e. The van der Waals surface area contributed by atoms with Crippen molar-refractivity contribution in [3.05, 3.63) is 36.5 Å². The molecule has 1 N–H and O–H groups in total. The fourth-order valence-corrected chi connectivity index (χ4v) is 2.60. The molecule has 2 unspecified atom stereocenters. The monoisotopic (exact) mass is 241 g/mol. The fraction of sp³-hybridized carbons (Fsp3) is 0.400. The Kier molecular flexibility index (Phi) is 2.92. The summed E-state index contributed by atoms with van der Waals surface area (Å²) in [5.74, 6) is 0. The lowest BCUT2D eigenvalue weighted by Crippen LogP contribution is -2.54. The van der Waals surface area contributed by atoms with Crippen LogP contribution in [0.5, 0.6) is 0 Å². The molecule has 3 heteroatoms. The van der Waals surface area contributed by atoms with Crippen molar-refractivity contribution in [1.29, 1.82) is 0 Å². The van der Waals surface area contributed by atoms with Crippen molar-refractivity contribution in [2.75, 3.05) is 18.0 Å². The first-order valence-electron chi connectivity index (χ1n) is 6.59. The molecule has 1 aliphatic rings. The molecular weight excluding hydrogens is 222 g/mol. The van der Waals surface area contributed by atoms with E-state index in [1.807, 2.05) is 12.3 Å². The highest BCUT2D eigenvalue weighted by Gasteiger charge is 2.22. The zero-order valence-electron chi connectivity index (χ0n) is 10.9. The summed E-state index contributed by atoms with van der Waals surface area (Å²) in [6.45, 7) is 6.57. The Labute approximate surface area is 108 Å². The minimum Gasteiger partial charge on any atom is -0.365 e. The molecule has 0 saturated carbocycles. The standard InChI is InChI=1S/C15H19N3/c1-11-10-18(12(2)8-16-11)14-7-13-5-3-4-6-15(13)17-9-14/h3-7,9,11-12,16H,8,10H2,1-2H3. The van der Waals surface area contributed by atoms with Crippen molar-refractivity contribution in [2.45, 2.75) is 25.9 Å². The molecule has 1 fully saturated rings. The molecule has 2 aromatic rings. The number of nitrogens with one attached hydrogen (secondary N) is 1. The third kappa shape index (κ3) is 2.06. The van der Waals surface area contributed by atoms with Gasteiger partial charge in [-0.25, -0.2) is 0 Å². The van der Waals surface area contributed by atoms with Crippen LogP contribution in [-0.2, 0) is 0 Å². The SMILES string of the molecule is CC1CN(c2cnc3ccccc3c2)C(C)CN1. The molecule has 2 atom stereocenters. The number of pyridine rings is 1. The van der Waals surface area contributed by atoms with Gasteiger partial charge in [0, 0.05) is 30.6 Å². The number of nitrogens with zero attached hydrogens (tertiary/aromatic N) is 2. The maximum atomic E-state index is 4.55. The largest absolute Gasteiger partial charge is 0.365 e. The molecule has 0 aliphatic carbocycles. The molecule has 1 aromatic carbocycles. The van der Waals surface area contributed by atoms with E-state index in [0.29, 0.717) is 12.1 Å². The normalized spacial score (nSPS) is 24.4. The third-order valence-electron chi connectivity index (χ3n) is 3.67. The number of piperazine rings is 1. The zero-order valence-corrected chi connectivity index (χ0v) is 10.9. The van der Waals surface area contributed by atoms with E-state index >= 15 is 0 Å². The van der Waals surface area contributed by atoms with E-state index in [1.54, 1.807) is 0 Å². The number of hydrogen-bond donors (Lipinski definition) is 1. The predicted octanol–water partition coefficient (Wildman–Crippen LogP) is 2.42. The van der Waals surface area contributed by atoms with Gasteiger partial charge in [0.2, 0.25) is 0 Å². The van der Waals surface area contributed by atoms with Crippen molar-refractivity contribution in [3.8, 4) is 0 Å². The topological polar surface area (TPSA) is 28.2 Å². The summed E-state index contributed by atoms with van der Waals surface area (Å²) in [6, 6.07) is 11.6. The first-order valence-corrected chi connectivity index (χ1v) is 6.59. The molecule has 0 radical (unpaired) electrons. The minimum absolute atomic E-state index is 0.518. The lowest BCUT2D eigenvalue weighted by atomic mass is 10.1. The number of anilines is 1. The lowest BCUT2D eigenvalue weighted by Gasteiger charge is -2.39. The van der Waals surface area contributed by atoms with Gasteiger partial charge in [0.1, 0.15) is 0 Å². The van der Waals surface area contributed by atoms with Gasteiger partial charge in [-0.15, -0.1) is 0 Å². The summed E-state index contributed by atoms with van der Waals surface area (Å²) in [7, 11) is 0. The van der Waals surface area contributed by atoms with Crippen molar-refractivity contribution in [2.24, 2.45) is 0 Å². The van der Waals surface area contributed by atoms with Crippen LogP contribution in [0, 0.1) is 0 Å². The van der Waals surface area contributed by atoms with Gasteiger partial charge in [-0.1, -0.05) is 18.2 Å². The Hall–Kier alpha value is -1.61. The van der Waals surface area contributed by atoms with Crippen LogP contribution in [0.4, 0.5) is 5.69 Å². The van der Waals surface area contributed by atoms with Gasteiger partial charge in [0.05, 0.1) is 17.4 Å². The first-order chi connectivity index (χ1) is 8.74. The highest BCUT2D eigenvalue weighted by atomic mass is 15.2. The van der Waals surface area contributed by atoms with Crippen LogP contribution in [-0.4, -0.2) is 30.2 Å². The van der Waals surface area contributed by atoms with Crippen LogP contribution in [0.25, 0.3) is 10.9 Å². The lowest BCUT2D eigenvalue weighted by molar-refractivity contribution is 0.425. The van der Waals surface area contributed by atoms with Crippen molar-refractivity contribution < 1.29 is 0 Å².